The van der Waals surface area contributed by atoms with Crippen molar-refractivity contribution < 1.29 is 14.3 Å². The Labute approximate surface area is 139 Å². The molecular formula is C19H17FN2O2. The number of fused-ring (bicyclic) bond motifs is 1. The van der Waals surface area contributed by atoms with Crippen LogP contribution in [0.1, 0.15) is 17.3 Å². The van der Waals surface area contributed by atoms with Gasteiger partial charge < -0.3 is 10.4 Å². The van der Waals surface area contributed by atoms with Crippen LogP contribution >= 0.6 is 0 Å². The minimum absolute atomic E-state index is 0.168. The van der Waals surface area contributed by atoms with Crippen LogP contribution in [0, 0.1) is 5.82 Å². The highest BCUT2D eigenvalue weighted by atomic mass is 19.1. The first-order valence-electron chi connectivity index (χ1n) is 7.66. The summed E-state index contributed by atoms with van der Waals surface area (Å²) < 4.78 is 13.1. The number of nitrogens with zero attached hydrogens (tertiary/aromatic N) is 1. The van der Waals surface area contributed by atoms with Crippen molar-refractivity contribution >= 4 is 16.8 Å². The lowest BCUT2D eigenvalue weighted by atomic mass is 10.0. The highest BCUT2D eigenvalue weighted by molar-refractivity contribution is 6.07. The van der Waals surface area contributed by atoms with Crippen LogP contribution in [0.5, 0.6) is 0 Å². The Balaban J connectivity index is 2.09. The molecule has 0 saturated heterocycles. The van der Waals surface area contributed by atoms with Gasteiger partial charge in [0.15, 0.2) is 0 Å². The van der Waals surface area contributed by atoms with Gasteiger partial charge in [-0.05, 0) is 43.3 Å². The lowest BCUT2D eigenvalue weighted by Gasteiger charge is -2.11. The van der Waals surface area contributed by atoms with Crippen molar-refractivity contribution in [3.05, 3.63) is 66.0 Å². The summed E-state index contributed by atoms with van der Waals surface area (Å²) in [4.78, 5) is 17.1. The second-order valence-electron chi connectivity index (χ2n) is 5.64. The van der Waals surface area contributed by atoms with Crippen LogP contribution in [-0.2, 0) is 0 Å². The quantitative estimate of drug-likeness (QED) is 0.775. The molecule has 0 aliphatic rings. The topological polar surface area (TPSA) is 62.2 Å². The van der Waals surface area contributed by atoms with Gasteiger partial charge in [-0.25, -0.2) is 9.37 Å². The second-order valence-corrected chi connectivity index (χ2v) is 5.64. The number of aliphatic hydroxyl groups excluding tert-OH is 1. The zero-order valence-corrected chi connectivity index (χ0v) is 13.2. The van der Waals surface area contributed by atoms with Gasteiger partial charge in [0.25, 0.3) is 5.91 Å². The van der Waals surface area contributed by atoms with E-state index in [0.29, 0.717) is 16.8 Å². The van der Waals surface area contributed by atoms with Crippen molar-refractivity contribution in [2.24, 2.45) is 0 Å². The molecule has 1 heterocycles. The monoisotopic (exact) mass is 324 g/mol. The third kappa shape index (κ3) is 3.41. The zero-order valence-electron chi connectivity index (χ0n) is 13.2. The highest BCUT2D eigenvalue weighted by Gasteiger charge is 2.14. The van der Waals surface area contributed by atoms with E-state index < -0.39 is 6.10 Å². The number of pyridine rings is 1. The van der Waals surface area contributed by atoms with Crippen molar-refractivity contribution in [2.75, 3.05) is 6.54 Å². The van der Waals surface area contributed by atoms with E-state index in [2.05, 4.69) is 10.3 Å². The summed E-state index contributed by atoms with van der Waals surface area (Å²) >= 11 is 0. The standard InChI is InChI=1S/C19H17FN2O2/c1-12(23)11-21-19(24)16-10-18(13-6-8-14(20)9-7-13)22-17-5-3-2-4-15(16)17/h2-10,12,23H,11H2,1H3,(H,21,24). The number of halogens is 1. The molecule has 1 amide bonds. The molecule has 5 heteroatoms. The third-order valence-corrected chi connectivity index (χ3v) is 3.66. The molecule has 24 heavy (non-hydrogen) atoms. The van der Waals surface area contributed by atoms with Crippen molar-refractivity contribution in [1.82, 2.24) is 10.3 Å². The molecule has 3 aromatic rings. The molecule has 1 atom stereocenters. The van der Waals surface area contributed by atoms with Crippen LogP contribution in [0.3, 0.4) is 0 Å². The smallest absolute Gasteiger partial charge is 0.252 e. The van der Waals surface area contributed by atoms with E-state index in [4.69, 9.17) is 0 Å². The van der Waals surface area contributed by atoms with Gasteiger partial charge >= 0.3 is 0 Å². The molecule has 1 aromatic heterocycles. The number of hydrogen-bond donors (Lipinski definition) is 2. The Kier molecular flexibility index (Phi) is 4.53. The van der Waals surface area contributed by atoms with Crippen molar-refractivity contribution in [3.8, 4) is 11.3 Å². The van der Waals surface area contributed by atoms with Crippen LogP contribution < -0.4 is 5.32 Å². The number of rotatable bonds is 4. The van der Waals surface area contributed by atoms with E-state index in [1.807, 2.05) is 24.3 Å². The summed E-state index contributed by atoms with van der Waals surface area (Å²) in [6.07, 6.45) is -0.626. The van der Waals surface area contributed by atoms with Crippen LogP contribution in [0.4, 0.5) is 4.39 Å². The average molecular weight is 324 g/mol. The Bertz CT molecular complexity index is 876. The number of para-hydroxylation sites is 1. The van der Waals surface area contributed by atoms with Crippen LogP contribution in [-0.4, -0.2) is 28.6 Å². The molecule has 3 rings (SSSR count). The predicted octanol–water partition coefficient (Wildman–Crippen LogP) is 3.15. The second kappa shape index (κ2) is 6.76. The molecule has 2 N–H and O–H groups in total. The summed E-state index contributed by atoms with van der Waals surface area (Å²) in [6, 6.07) is 15.0. The van der Waals surface area contributed by atoms with E-state index in [1.54, 1.807) is 25.1 Å². The van der Waals surface area contributed by atoms with Gasteiger partial charge in [-0.1, -0.05) is 18.2 Å². The number of amides is 1. The first kappa shape index (κ1) is 16.1. The van der Waals surface area contributed by atoms with Crippen molar-refractivity contribution in [3.63, 3.8) is 0 Å². The minimum atomic E-state index is -0.626. The van der Waals surface area contributed by atoms with Gasteiger partial charge in [0.1, 0.15) is 5.82 Å². The van der Waals surface area contributed by atoms with Gasteiger partial charge in [-0.2, -0.15) is 0 Å². The maximum atomic E-state index is 13.1. The van der Waals surface area contributed by atoms with Crippen LogP contribution in [0.25, 0.3) is 22.2 Å². The number of aromatic nitrogens is 1. The molecule has 0 saturated carbocycles. The molecule has 2 aromatic carbocycles. The summed E-state index contributed by atoms with van der Waals surface area (Å²) in [7, 11) is 0. The lowest BCUT2D eigenvalue weighted by Crippen LogP contribution is -2.30. The molecule has 122 valence electrons. The van der Waals surface area contributed by atoms with Gasteiger partial charge in [0.05, 0.1) is 22.9 Å². The van der Waals surface area contributed by atoms with E-state index in [9.17, 15) is 14.3 Å². The summed E-state index contributed by atoms with van der Waals surface area (Å²) in [5.41, 5.74) is 2.48. The predicted molar refractivity (Wildman–Crippen MR) is 91.2 cm³/mol. The molecule has 0 spiro atoms. The molecule has 0 radical (unpaired) electrons. The summed E-state index contributed by atoms with van der Waals surface area (Å²) in [5.74, 6) is -0.604. The maximum absolute atomic E-state index is 13.1. The molecule has 0 aliphatic heterocycles. The summed E-state index contributed by atoms with van der Waals surface area (Å²) in [5, 5.41) is 12.8. The van der Waals surface area contributed by atoms with Gasteiger partial charge in [-0.3, -0.25) is 4.79 Å². The average Bonchev–Trinajstić information content (AvgIpc) is 2.59. The fourth-order valence-corrected chi connectivity index (χ4v) is 2.47. The number of aliphatic hydroxyl groups is 1. The first-order chi connectivity index (χ1) is 11.5. The van der Waals surface area contributed by atoms with E-state index in [1.165, 1.54) is 12.1 Å². The fourth-order valence-electron chi connectivity index (χ4n) is 2.47. The Morgan fingerprint density at radius 1 is 1.21 bits per heavy atom. The molecule has 0 bridgehead atoms. The molecule has 1 unspecified atom stereocenters. The third-order valence-electron chi connectivity index (χ3n) is 3.66. The zero-order chi connectivity index (χ0) is 17.1. The number of benzene rings is 2. The van der Waals surface area contributed by atoms with Gasteiger partial charge in [0, 0.05) is 17.5 Å². The first-order valence-corrected chi connectivity index (χ1v) is 7.66. The minimum Gasteiger partial charge on any atom is -0.392 e. The van der Waals surface area contributed by atoms with Crippen LogP contribution in [0.2, 0.25) is 0 Å². The van der Waals surface area contributed by atoms with Crippen LogP contribution in [0.15, 0.2) is 54.6 Å². The highest BCUT2D eigenvalue weighted by Crippen LogP contribution is 2.25. The van der Waals surface area contributed by atoms with E-state index in [0.717, 1.165) is 10.9 Å². The molecule has 0 aliphatic carbocycles. The lowest BCUT2D eigenvalue weighted by molar-refractivity contribution is 0.0925. The fraction of sp³-hybridized carbons (Fsp3) is 0.158. The Morgan fingerprint density at radius 3 is 2.62 bits per heavy atom. The van der Waals surface area contributed by atoms with E-state index >= 15 is 0 Å². The van der Waals surface area contributed by atoms with E-state index in [-0.39, 0.29) is 18.3 Å². The Hall–Kier alpha value is -2.79. The van der Waals surface area contributed by atoms with Crippen molar-refractivity contribution in [2.45, 2.75) is 13.0 Å². The number of carbonyl (C=O) groups excluding carboxylic acids is 1. The summed E-state index contributed by atoms with van der Waals surface area (Å²) in [6.45, 7) is 1.77. The Morgan fingerprint density at radius 2 is 1.92 bits per heavy atom. The van der Waals surface area contributed by atoms with Crippen molar-refractivity contribution in [1.29, 1.82) is 0 Å². The van der Waals surface area contributed by atoms with Gasteiger partial charge in [0.2, 0.25) is 0 Å². The number of carbonyl (C=O) groups is 1. The largest absolute Gasteiger partial charge is 0.392 e. The normalized spacial score (nSPS) is 12.1. The SMILES string of the molecule is CC(O)CNC(=O)c1cc(-c2ccc(F)cc2)nc2ccccc12. The number of nitrogens with one attached hydrogen (secondary N) is 1. The molecule has 4 nitrogen and oxygen atoms in total. The number of hydrogen-bond acceptors (Lipinski definition) is 3. The van der Waals surface area contributed by atoms with Gasteiger partial charge in [-0.15, -0.1) is 0 Å². The maximum Gasteiger partial charge on any atom is 0.252 e. The molecular weight excluding hydrogens is 307 g/mol. The molecule has 0 fully saturated rings.